The number of hydrogen-bond donors (Lipinski definition) is 4. The molecule has 0 unspecified atom stereocenters. The Morgan fingerprint density at radius 3 is 2.53 bits per heavy atom. The van der Waals surface area contributed by atoms with Gasteiger partial charge in [0.15, 0.2) is 5.82 Å². The van der Waals surface area contributed by atoms with Crippen LogP contribution in [-0.2, 0) is 0 Å². The van der Waals surface area contributed by atoms with E-state index in [0.717, 1.165) is 0 Å². The van der Waals surface area contributed by atoms with Crippen LogP contribution in [0.15, 0.2) is 6.33 Å². The van der Waals surface area contributed by atoms with Crippen molar-refractivity contribution in [1.29, 1.82) is 0 Å². The first kappa shape index (κ1) is 13.5. The Hall–Kier alpha value is -1.60. The summed E-state index contributed by atoms with van der Waals surface area (Å²) in [4.78, 5) is 7.85. The molecule has 1 aromatic heterocycles. The third-order valence-corrected chi connectivity index (χ3v) is 1.98. The maximum absolute atomic E-state index is 8.95. The second kappa shape index (κ2) is 6.21. The van der Waals surface area contributed by atoms with E-state index in [1.165, 1.54) is 6.33 Å². The van der Waals surface area contributed by atoms with Gasteiger partial charge >= 0.3 is 0 Å². The van der Waals surface area contributed by atoms with E-state index in [9.17, 15) is 0 Å². The third-order valence-electron chi connectivity index (χ3n) is 1.98. The molecular weight excluding hydrogens is 224 g/mol. The molecule has 96 valence electrons. The molecule has 0 bridgehead atoms. The molecule has 0 aliphatic heterocycles. The molecule has 1 aromatic rings. The number of nitrogens with two attached hydrogens (primary N) is 1. The molecule has 0 aromatic carbocycles. The summed E-state index contributed by atoms with van der Waals surface area (Å²) in [6.45, 7) is 3.28. The van der Waals surface area contributed by atoms with Crippen molar-refractivity contribution in [3.05, 3.63) is 6.33 Å². The minimum absolute atomic E-state index is 0.0495. The van der Waals surface area contributed by atoms with Gasteiger partial charge in [0, 0.05) is 0 Å². The molecule has 0 aliphatic carbocycles. The molecule has 0 saturated heterocycles. The normalized spacial score (nSPS) is 10.9. The summed E-state index contributed by atoms with van der Waals surface area (Å²) >= 11 is 0. The van der Waals surface area contributed by atoms with Gasteiger partial charge in [-0.2, -0.15) is 4.98 Å². The Bertz CT molecular complexity index is 355. The smallest absolute Gasteiger partial charge is 0.242 e. The van der Waals surface area contributed by atoms with Crippen molar-refractivity contribution in [1.82, 2.24) is 9.97 Å². The number of aromatic nitrogens is 2. The van der Waals surface area contributed by atoms with Gasteiger partial charge in [0.2, 0.25) is 5.88 Å². The second-order valence-corrected chi connectivity index (χ2v) is 3.81. The SMILES string of the molecule is CC(C)Oc1ncnc(NC(CO)CO)c1N. The van der Waals surface area contributed by atoms with Crippen molar-refractivity contribution in [2.75, 3.05) is 24.3 Å². The molecule has 0 amide bonds. The monoisotopic (exact) mass is 242 g/mol. The Labute approximate surface area is 99.7 Å². The van der Waals surface area contributed by atoms with E-state index in [0.29, 0.717) is 5.82 Å². The van der Waals surface area contributed by atoms with E-state index in [1.807, 2.05) is 13.8 Å². The van der Waals surface area contributed by atoms with Crippen molar-refractivity contribution in [2.24, 2.45) is 0 Å². The zero-order chi connectivity index (χ0) is 12.8. The van der Waals surface area contributed by atoms with Crippen LogP contribution in [0.25, 0.3) is 0 Å². The molecule has 0 radical (unpaired) electrons. The standard InChI is InChI=1S/C10H18N4O3/c1-6(2)17-10-8(11)9(12-5-13-10)14-7(3-15)4-16/h5-7,15-16H,3-4,11H2,1-2H3,(H,12,13,14). The largest absolute Gasteiger partial charge is 0.473 e. The number of nitrogens with one attached hydrogen (secondary N) is 1. The van der Waals surface area contributed by atoms with Crippen molar-refractivity contribution in [3.8, 4) is 5.88 Å². The number of rotatable bonds is 6. The molecule has 5 N–H and O–H groups in total. The molecule has 17 heavy (non-hydrogen) atoms. The maximum atomic E-state index is 8.95. The van der Waals surface area contributed by atoms with Crippen LogP contribution in [0.3, 0.4) is 0 Å². The molecule has 1 rings (SSSR count). The van der Waals surface area contributed by atoms with Crippen LogP contribution in [0.1, 0.15) is 13.8 Å². The van der Waals surface area contributed by atoms with Crippen LogP contribution < -0.4 is 15.8 Å². The highest BCUT2D eigenvalue weighted by atomic mass is 16.5. The van der Waals surface area contributed by atoms with Crippen LogP contribution in [-0.4, -0.2) is 45.5 Å². The Balaban J connectivity index is 2.86. The average molecular weight is 242 g/mol. The number of aliphatic hydroxyl groups is 2. The average Bonchev–Trinajstić information content (AvgIpc) is 2.30. The predicted octanol–water partition coefficient (Wildman–Crippen LogP) is -0.389. The van der Waals surface area contributed by atoms with Gasteiger partial charge in [-0.3, -0.25) is 0 Å². The Morgan fingerprint density at radius 2 is 2.00 bits per heavy atom. The van der Waals surface area contributed by atoms with Crippen LogP contribution in [0.2, 0.25) is 0 Å². The van der Waals surface area contributed by atoms with Crippen LogP contribution in [0.4, 0.5) is 11.5 Å². The number of hydrogen-bond acceptors (Lipinski definition) is 7. The van der Waals surface area contributed by atoms with E-state index in [1.54, 1.807) is 0 Å². The van der Waals surface area contributed by atoms with Gasteiger partial charge in [0.1, 0.15) is 12.0 Å². The molecule has 7 nitrogen and oxygen atoms in total. The molecule has 1 heterocycles. The van der Waals surface area contributed by atoms with Crippen molar-refractivity contribution in [2.45, 2.75) is 26.0 Å². The minimum atomic E-state index is -0.515. The number of aliphatic hydroxyl groups excluding tert-OH is 2. The zero-order valence-corrected chi connectivity index (χ0v) is 9.92. The van der Waals surface area contributed by atoms with Gasteiger partial charge in [-0.25, -0.2) is 4.98 Å². The topological polar surface area (TPSA) is 114 Å². The number of nitrogen functional groups attached to an aromatic ring is 1. The summed E-state index contributed by atoms with van der Waals surface area (Å²) in [6, 6.07) is -0.515. The number of nitrogens with zero attached hydrogens (tertiary/aromatic N) is 2. The first-order valence-electron chi connectivity index (χ1n) is 5.33. The summed E-state index contributed by atoms with van der Waals surface area (Å²) in [7, 11) is 0. The first-order valence-corrected chi connectivity index (χ1v) is 5.33. The van der Waals surface area contributed by atoms with E-state index in [4.69, 9.17) is 20.7 Å². The van der Waals surface area contributed by atoms with Crippen molar-refractivity contribution < 1.29 is 14.9 Å². The highest BCUT2D eigenvalue weighted by molar-refractivity contribution is 5.66. The van der Waals surface area contributed by atoms with E-state index in [-0.39, 0.29) is 30.9 Å². The van der Waals surface area contributed by atoms with Crippen molar-refractivity contribution >= 4 is 11.5 Å². The van der Waals surface area contributed by atoms with Gasteiger partial charge in [-0.05, 0) is 13.8 Å². The van der Waals surface area contributed by atoms with E-state index >= 15 is 0 Å². The van der Waals surface area contributed by atoms with E-state index < -0.39 is 6.04 Å². The molecular formula is C10H18N4O3. The molecule has 0 saturated carbocycles. The minimum Gasteiger partial charge on any atom is -0.473 e. The van der Waals surface area contributed by atoms with Crippen molar-refractivity contribution in [3.63, 3.8) is 0 Å². The molecule has 0 fully saturated rings. The lowest BCUT2D eigenvalue weighted by Gasteiger charge is -2.17. The van der Waals surface area contributed by atoms with Gasteiger partial charge in [0.05, 0.1) is 25.4 Å². The second-order valence-electron chi connectivity index (χ2n) is 3.81. The lowest BCUT2D eigenvalue weighted by Crippen LogP contribution is -2.28. The Kier molecular flexibility index (Phi) is 4.92. The molecule has 0 atom stereocenters. The number of ether oxygens (including phenoxy) is 1. The summed E-state index contributed by atoms with van der Waals surface area (Å²) < 4.78 is 5.39. The first-order chi connectivity index (χ1) is 8.08. The fourth-order valence-electron chi connectivity index (χ4n) is 1.15. The number of anilines is 2. The lowest BCUT2D eigenvalue weighted by molar-refractivity contribution is 0.203. The fraction of sp³-hybridized carbons (Fsp3) is 0.600. The zero-order valence-electron chi connectivity index (χ0n) is 9.92. The van der Waals surface area contributed by atoms with Gasteiger partial charge in [0.25, 0.3) is 0 Å². The van der Waals surface area contributed by atoms with Crippen LogP contribution in [0, 0.1) is 0 Å². The molecule has 0 aliphatic rings. The summed E-state index contributed by atoms with van der Waals surface area (Å²) in [6.07, 6.45) is 1.26. The quantitative estimate of drug-likeness (QED) is 0.537. The van der Waals surface area contributed by atoms with Crippen LogP contribution >= 0.6 is 0 Å². The highest BCUT2D eigenvalue weighted by Crippen LogP contribution is 2.25. The van der Waals surface area contributed by atoms with Gasteiger partial charge in [-0.15, -0.1) is 0 Å². The van der Waals surface area contributed by atoms with Gasteiger partial charge < -0.3 is 26.0 Å². The fourth-order valence-corrected chi connectivity index (χ4v) is 1.15. The maximum Gasteiger partial charge on any atom is 0.242 e. The summed E-state index contributed by atoms with van der Waals surface area (Å²) in [5.41, 5.74) is 6.07. The highest BCUT2D eigenvalue weighted by Gasteiger charge is 2.13. The van der Waals surface area contributed by atoms with Gasteiger partial charge in [-0.1, -0.05) is 0 Å². The van der Waals surface area contributed by atoms with E-state index in [2.05, 4.69) is 15.3 Å². The third kappa shape index (κ3) is 3.72. The summed E-state index contributed by atoms with van der Waals surface area (Å²) in [5.74, 6) is 0.621. The summed E-state index contributed by atoms with van der Waals surface area (Å²) in [5, 5.41) is 20.7. The predicted molar refractivity (Wildman–Crippen MR) is 63.8 cm³/mol. The molecule has 7 heteroatoms. The lowest BCUT2D eigenvalue weighted by atomic mass is 10.3. The van der Waals surface area contributed by atoms with Crippen LogP contribution in [0.5, 0.6) is 5.88 Å². The Morgan fingerprint density at radius 1 is 1.35 bits per heavy atom. The molecule has 0 spiro atoms.